The smallest absolute Gasteiger partial charge is 0.408 e. The van der Waals surface area contributed by atoms with Crippen LogP contribution in [0.5, 0.6) is 0 Å². The molecule has 0 aliphatic carbocycles. The van der Waals surface area contributed by atoms with Crippen molar-refractivity contribution in [2.45, 2.75) is 13.0 Å². The molecule has 0 radical (unpaired) electrons. The fourth-order valence-corrected chi connectivity index (χ4v) is 2.89. The number of oxazole rings is 1. The first-order valence-electron chi connectivity index (χ1n) is 8.45. The molecule has 0 spiro atoms. The molecule has 0 amide bonds. The standard InChI is InChI=1S/C20H17FN4O2/c1-12(13-3-6-15(21)7-4-13)24-19-11-22-16(10-23-19)14-5-8-18-17(9-14)25(2)20(26)27-18/h3-12H,1-2H3,(H,23,24)/t12-/m1/s1. The lowest BCUT2D eigenvalue weighted by Crippen LogP contribution is -2.08. The van der Waals surface area contributed by atoms with Gasteiger partial charge in [0.1, 0.15) is 11.6 Å². The number of fused-ring (bicyclic) bond motifs is 1. The minimum atomic E-state index is -0.400. The van der Waals surface area contributed by atoms with E-state index in [1.54, 1.807) is 37.6 Å². The Kier molecular flexibility index (Phi) is 4.19. The lowest BCUT2D eigenvalue weighted by molar-refractivity contribution is 0.528. The number of nitrogens with one attached hydrogen (secondary N) is 1. The molecule has 1 atom stereocenters. The van der Waals surface area contributed by atoms with Crippen LogP contribution in [0.25, 0.3) is 22.4 Å². The highest BCUT2D eigenvalue weighted by molar-refractivity contribution is 5.79. The first-order chi connectivity index (χ1) is 13.0. The maximum absolute atomic E-state index is 13.0. The number of aryl methyl sites for hydroxylation is 1. The highest BCUT2D eigenvalue weighted by Gasteiger charge is 2.10. The van der Waals surface area contributed by atoms with Gasteiger partial charge >= 0.3 is 5.76 Å². The van der Waals surface area contributed by atoms with Crippen LogP contribution < -0.4 is 11.1 Å². The summed E-state index contributed by atoms with van der Waals surface area (Å²) in [6.07, 6.45) is 3.31. The number of halogens is 1. The van der Waals surface area contributed by atoms with E-state index in [-0.39, 0.29) is 11.9 Å². The predicted octanol–water partition coefficient (Wildman–Crippen LogP) is 3.90. The molecule has 4 aromatic rings. The normalized spacial score (nSPS) is 12.3. The van der Waals surface area contributed by atoms with E-state index >= 15 is 0 Å². The molecule has 2 heterocycles. The summed E-state index contributed by atoms with van der Waals surface area (Å²) in [5.41, 5.74) is 3.71. The van der Waals surface area contributed by atoms with E-state index in [4.69, 9.17) is 4.42 Å². The second-order valence-electron chi connectivity index (χ2n) is 6.31. The molecule has 6 nitrogen and oxygen atoms in total. The zero-order valence-corrected chi connectivity index (χ0v) is 14.8. The van der Waals surface area contributed by atoms with E-state index in [0.29, 0.717) is 22.6 Å². The van der Waals surface area contributed by atoms with Gasteiger partial charge in [0, 0.05) is 18.7 Å². The van der Waals surface area contributed by atoms with Gasteiger partial charge in [0.2, 0.25) is 0 Å². The minimum Gasteiger partial charge on any atom is -0.408 e. The van der Waals surface area contributed by atoms with E-state index < -0.39 is 5.76 Å². The van der Waals surface area contributed by atoms with Gasteiger partial charge in [0.15, 0.2) is 5.58 Å². The zero-order chi connectivity index (χ0) is 19.0. The summed E-state index contributed by atoms with van der Waals surface area (Å²) in [4.78, 5) is 20.5. The number of anilines is 1. The lowest BCUT2D eigenvalue weighted by Gasteiger charge is -2.14. The van der Waals surface area contributed by atoms with Gasteiger partial charge in [0.25, 0.3) is 0 Å². The van der Waals surface area contributed by atoms with Crippen molar-refractivity contribution in [2.75, 3.05) is 5.32 Å². The molecule has 1 N–H and O–H groups in total. The molecule has 4 rings (SSSR count). The molecule has 7 heteroatoms. The Labute approximate surface area is 154 Å². The van der Waals surface area contributed by atoms with Crippen LogP contribution in [0.2, 0.25) is 0 Å². The Hall–Kier alpha value is -3.48. The number of benzene rings is 2. The zero-order valence-electron chi connectivity index (χ0n) is 14.8. The van der Waals surface area contributed by atoms with Crippen LogP contribution in [-0.4, -0.2) is 14.5 Å². The monoisotopic (exact) mass is 364 g/mol. The molecule has 27 heavy (non-hydrogen) atoms. The summed E-state index contributed by atoms with van der Waals surface area (Å²) in [5.74, 6) is -0.0443. The van der Waals surface area contributed by atoms with Gasteiger partial charge in [-0.2, -0.15) is 0 Å². The molecule has 0 saturated carbocycles. The fraction of sp³-hybridized carbons (Fsp3) is 0.150. The van der Waals surface area contributed by atoms with E-state index in [9.17, 15) is 9.18 Å². The maximum Gasteiger partial charge on any atom is 0.419 e. The third-order valence-electron chi connectivity index (χ3n) is 4.47. The van der Waals surface area contributed by atoms with Gasteiger partial charge < -0.3 is 9.73 Å². The van der Waals surface area contributed by atoms with Crippen molar-refractivity contribution in [3.05, 3.63) is 76.8 Å². The van der Waals surface area contributed by atoms with E-state index in [1.165, 1.54) is 16.7 Å². The Bertz CT molecular complexity index is 1150. The van der Waals surface area contributed by atoms with Crippen molar-refractivity contribution in [3.8, 4) is 11.3 Å². The molecule has 0 aliphatic rings. The van der Waals surface area contributed by atoms with Crippen molar-refractivity contribution in [2.24, 2.45) is 7.05 Å². The third-order valence-corrected chi connectivity index (χ3v) is 4.47. The van der Waals surface area contributed by atoms with Crippen molar-refractivity contribution in [1.82, 2.24) is 14.5 Å². The Morgan fingerprint density at radius 2 is 1.89 bits per heavy atom. The van der Waals surface area contributed by atoms with Gasteiger partial charge in [-0.05, 0) is 42.8 Å². The number of hydrogen-bond acceptors (Lipinski definition) is 5. The maximum atomic E-state index is 13.0. The van der Waals surface area contributed by atoms with Crippen LogP contribution in [0.3, 0.4) is 0 Å². The van der Waals surface area contributed by atoms with E-state index in [2.05, 4.69) is 15.3 Å². The summed E-state index contributed by atoms with van der Waals surface area (Å²) >= 11 is 0. The quantitative estimate of drug-likeness (QED) is 0.594. The third kappa shape index (κ3) is 3.31. The molecular weight excluding hydrogens is 347 g/mol. The molecule has 136 valence electrons. The SMILES string of the molecule is C[C@@H](Nc1cnc(-c2ccc3oc(=O)n(C)c3c2)cn1)c1ccc(F)cc1. The Morgan fingerprint density at radius 1 is 1.11 bits per heavy atom. The van der Waals surface area contributed by atoms with Gasteiger partial charge in [-0.3, -0.25) is 9.55 Å². The molecule has 0 fully saturated rings. The highest BCUT2D eigenvalue weighted by Crippen LogP contribution is 2.23. The molecule has 2 aromatic heterocycles. The summed E-state index contributed by atoms with van der Waals surface area (Å²) in [5, 5.41) is 3.24. The molecule has 0 saturated heterocycles. The van der Waals surface area contributed by atoms with Crippen molar-refractivity contribution < 1.29 is 8.81 Å². The molecule has 0 unspecified atom stereocenters. The van der Waals surface area contributed by atoms with E-state index in [0.717, 1.165) is 11.1 Å². The van der Waals surface area contributed by atoms with Crippen molar-refractivity contribution in [3.63, 3.8) is 0 Å². The molecule has 0 bridgehead atoms. The van der Waals surface area contributed by atoms with Crippen LogP contribution in [0.4, 0.5) is 10.2 Å². The highest BCUT2D eigenvalue weighted by atomic mass is 19.1. The summed E-state index contributed by atoms with van der Waals surface area (Å²) < 4.78 is 19.6. The Morgan fingerprint density at radius 3 is 2.59 bits per heavy atom. The second-order valence-corrected chi connectivity index (χ2v) is 6.31. The molecular formula is C20H17FN4O2. The van der Waals surface area contributed by atoms with Gasteiger partial charge in [-0.15, -0.1) is 0 Å². The first kappa shape index (κ1) is 17.0. The summed E-state index contributed by atoms with van der Waals surface area (Å²) in [7, 11) is 1.66. The fourth-order valence-electron chi connectivity index (χ4n) is 2.89. The van der Waals surface area contributed by atoms with Gasteiger partial charge in [-0.25, -0.2) is 14.2 Å². The van der Waals surface area contributed by atoms with Gasteiger partial charge in [-0.1, -0.05) is 12.1 Å². The van der Waals surface area contributed by atoms with Crippen LogP contribution in [0.15, 0.2) is 64.1 Å². The average molecular weight is 364 g/mol. The minimum absolute atomic E-state index is 0.0393. The number of hydrogen-bond donors (Lipinski definition) is 1. The number of nitrogens with zero attached hydrogens (tertiary/aromatic N) is 3. The van der Waals surface area contributed by atoms with Crippen LogP contribution in [-0.2, 0) is 7.05 Å². The Balaban J connectivity index is 1.56. The van der Waals surface area contributed by atoms with E-state index in [1.807, 2.05) is 19.1 Å². The second kappa shape index (κ2) is 6.68. The van der Waals surface area contributed by atoms with Crippen LogP contribution in [0, 0.1) is 5.82 Å². The van der Waals surface area contributed by atoms with Crippen LogP contribution in [0.1, 0.15) is 18.5 Å². The molecule has 2 aromatic carbocycles. The number of aromatic nitrogens is 3. The van der Waals surface area contributed by atoms with Crippen LogP contribution >= 0.6 is 0 Å². The summed E-state index contributed by atoms with van der Waals surface area (Å²) in [6, 6.07) is 11.7. The summed E-state index contributed by atoms with van der Waals surface area (Å²) in [6.45, 7) is 1.97. The first-order valence-corrected chi connectivity index (χ1v) is 8.45. The molecule has 0 aliphatic heterocycles. The van der Waals surface area contributed by atoms with Crippen molar-refractivity contribution in [1.29, 1.82) is 0 Å². The van der Waals surface area contributed by atoms with Crippen molar-refractivity contribution >= 4 is 16.9 Å². The number of rotatable bonds is 4. The predicted molar refractivity (Wildman–Crippen MR) is 101 cm³/mol. The lowest BCUT2D eigenvalue weighted by atomic mass is 10.1. The largest absolute Gasteiger partial charge is 0.419 e. The topological polar surface area (TPSA) is 73.0 Å². The average Bonchev–Trinajstić information content (AvgIpc) is 2.96. The van der Waals surface area contributed by atoms with Gasteiger partial charge in [0.05, 0.1) is 23.6 Å².